The van der Waals surface area contributed by atoms with E-state index in [1.54, 1.807) is 16.8 Å². The third-order valence-corrected chi connectivity index (χ3v) is 2.82. The van der Waals surface area contributed by atoms with Crippen molar-refractivity contribution in [3.05, 3.63) is 41.2 Å². The summed E-state index contributed by atoms with van der Waals surface area (Å²) in [5.74, 6) is 1.37. The zero-order valence-electron chi connectivity index (χ0n) is 10.7. The first-order valence-electron chi connectivity index (χ1n) is 6.10. The van der Waals surface area contributed by atoms with Gasteiger partial charge in [0.1, 0.15) is 11.6 Å². The molecule has 0 spiro atoms. The quantitative estimate of drug-likeness (QED) is 0.844. The first-order chi connectivity index (χ1) is 8.63. The van der Waals surface area contributed by atoms with Gasteiger partial charge in [0, 0.05) is 24.1 Å². The summed E-state index contributed by atoms with van der Waals surface area (Å²) in [5, 5.41) is 4.37. The number of nitrogens with two attached hydrogens (primary N) is 1. The van der Waals surface area contributed by atoms with E-state index >= 15 is 0 Å². The number of hydrogen-bond donors (Lipinski definition) is 1. The Labute approximate surface area is 106 Å². The molecule has 2 rings (SSSR count). The molecule has 1 aromatic carbocycles. The van der Waals surface area contributed by atoms with Gasteiger partial charge >= 0.3 is 0 Å². The third-order valence-electron chi connectivity index (χ3n) is 2.82. The number of nitrogen functional groups attached to an aromatic ring is 1. The molecular formula is C13H17FN4. The topological polar surface area (TPSA) is 56.7 Å². The van der Waals surface area contributed by atoms with Gasteiger partial charge < -0.3 is 5.73 Å². The molecule has 0 atom stereocenters. The Morgan fingerprint density at radius 1 is 1.28 bits per heavy atom. The molecule has 2 aromatic rings. The normalized spacial score (nSPS) is 10.8. The lowest BCUT2D eigenvalue weighted by molar-refractivity contribution is 0.573. The number of aromatic nitrogens is 3. The molecule has 18 heavy (non-hydrogen) atoms. The largest absolute Gasteiger partial charge is 0.399 e. The van der Waals surface area contributed by atoms with Gasteiger partial charge in [-0.15, -0.1) is 0 Å². The molecule has 1 aromatic heterocycles. The minimum absolute atomic E-state index is 0.300. The van der Waals surface area contributed by atoms with E-state index in [0.29, 0.717) is 17.8 Å². The van der Waals surface area contributed by atoms with Crippen molar-refractivity contribution in [2.24, 2.45) is 0 Å². The van der Waals surface area contributed by atoms with E-state index in [9.17, 15) is 4.39 Å². The fraction of sp³-hybridized carbons (Fsp3) is 0.385. The van der Waals surface area contributed by atoms with E-state index in [1.807, 2.05) is 13.8 Å². The molecule has 2 N–H and O–H groups in total. The van der Waals surface area contributed by atoms with Gasteiger partial charge in [0.2, 0.25) is 0 Å². The highest BCUT2D eigenvalue weighted by Gasteiger charge is 2.10. The molecule has 0 aliphatic carbocycles. The molecule has 4 nitrogen and oxygen atoms in total. The highest BCUT2D eigenvalue weighted by Crippen LogP contribution is 2.14. The maximum Gasteiger partial charge on any atom is 0.150 e. The molecule has 0 radical (unpaired) electrons. The van der Waals surface area contributed by atoms with Gasteiger partial charge in [-0.2, -0.15) is 5.10 Å². The van der Waals surface area contributed by atoms with Crippen LogP contribution in [0.5, 0.6) is 0 Å². The first-order valence-corrected chi connectivity index (χ1v) is 6.10. The van der Waals surface area contributed by atoms with Gasteiger partial charge in [-0.25, -0.2) is 14.1 Å². The van der Waals surface area contributed by atoms with Crippen LogP contribution in [0.4, 0.5) is 10.1 Å². The lowest BCUT2D eigenvalue weighted by atomic mass is 10.2. The molecule has 0 saturated carbocycles. The van der Waals surface area contributed by atoms with Crippen molar-refractivity contribution >= 4 is 5.69 Å². The van der Waals surface area contributed by atoms with Crippen molar-refractivity contribution in [1.82, 2.24) is 14.8 Å². The van der Waals surface area contributed by atoms with Crippen LogP contribution < -0.4 is 5.73 Å². The second-order valence-electron chi connectivity index (χ2n) is 4.16. The van der Waals surface area contributed by atoms with E-state index in [-0.39, 0.29) is 5.82 Å². The van der Waals surface area contributed by atoms with Crippen molar-refractivity contribution in [1.29, 1.82) is 0 Å². The van der Waals surface area contributed by atoms with Crippen LogP contribution in [0.15, 0.2) is 18.2 Å². The average molecular weight is 248 g/mol. The fourth-order valence-electron chi connectivity index (χ4n) is 1.82. The number of hydrogen-bond acceptors (Lipinski definition) is 3. The van der Waals surface area contributed by atoms with Crippen molar-refractivity contribution in [2.75, 3.05) is 5.73 Å². The lowest BCUT2D eigenvalue weighted by Gasteiger charge is -2.06. The number of anilines is 1. The minimum Gasteiger partial charge on any atom is -0.399 e. The maximum absolute atomic E-state index is 13.7. The lowest BCUT2D eigenvalue weighted by Crippen LogP contribution is -2.08. The number of halogens is 1. The van der Waals surface area contributed by atoms with E-state index in [1.165, 1.54) is 6.07 Å². The Morgan fingerprint density at radius 2 is 2.06 bits per heavy atom. The Morgan fingerprint density at radius 3 is 2.67 bits per heavy atom. The van der Waals surface area contributed by atoms with Crippen molar-refractivity contribution in [3.63, 3.8) is 0 Å². The Bertz CT molecular complexity index is 548. The monoisotopic (exact) mass is 248 g/mol. The predicted molar refractivity (Wildman–Crippen MR) is 68.7 cm³/mol. The molecule has 0 amide bonds. The molecule has 0 bridgehead atoms. The molecule has 0 unspecified atom stereocenters. The second kappa shape index (κ2) is 5.16. The van der Waals surface area contributed by atoms with Gasteiger partial charge in [-0.1, -0.05) is 19.9 Å². The summed E-state index contributed by atoms with van der Waals surface area (Å²) in [5.41, 5.74) is 6.53. The fourth-order valence-corrected chi connectivity index (χ4v) is 1.82. The van der Waals surface area contributed by atoms with Crippen LogP contribution in [0.1, 0.15) is 31.1 Å². The summed E-state index contributed by atoms with van der Waals surface area (Å²) in [6.45, 7) is 4.41. The molecular weight excluding hydrogens is 231 g/mol. The minimum atomic E-state index is -0.300. The predicted octanol–water partition coefficient (Wildman–Crippen LogP) is 2.17. The van der Waals surface area contributed by atoms with Gasteiger partial charge in [0.25, 0.3) is 0 Å². The highest BCUT2D eigenvalue weighted by molar-refractivity contribution is 5.40. The second-order valence-corrected chi connectivity index (χ2v) is 4.16. The summed E-state index contributed by atoms with van der Waals surface area (Å²) < 4.78 is 15.5. The van der Waals surface area contributed by atoms with Crippen molar-refractivity contribution < 1.29 is 4.39 Å². The van der Waals surface area contributed by atoms with E-state index in [2.05, 4.69) is 10.1 Å². The smallest absolute Gasteiger partial charge is 0.150 e. The van der Waals surface area contributed by atoms with Crippen LogP contribution >= 0.6 is 0 Å². The summed E-state index contributed by atoms with van der Waals surface area (Å²) >= 11 is 0. The molecule has 0 aliphatic rings. The number of benzene rings is 1. The summed E-state index contributed by atoms with van der Waals surface area (Å²) in [6.07, 6.45) is 1.56. The van der Waals surface area contributed by atoms with Crippen LogP contribution in [-0.2, 0) is 19.4 Å². The Balaban J connectivity index is 2.30. The number of nitrogens with zero attached hydrogens (tertiary/aromatic N) is 3. The SMILES string of the molecule is CCc1nc(CC)n(Cc2ccc(N)cc2F)n1. The summed E-state index contributed by atoms with van der Waals surface area (Å²) in [6, 6.07) is 4.72. The van der Waals surface area contributed by atoms with Gasteiger partial charge in [-0.3, -0.25) is 0 Å². The van der Waals surface area contributed by atoms with E-state index < -0.39 is 0 Å². The van der Waals surface area contributed by atoms with E-state index in [4.69, 9.17) is 5.73 Å². The molecule has 0 saturated heterocycles. The standard InChI is InChI=1S/C13H17FN4/c1-3-12-16-13(4-2)18(17-12)8-9-5-6-10(15)7-11(9)14/h5-7H,3-4,8,15H2,1-2H3. The molecule has 0 aliphatic heterocycles. The Kier molecular flexibility index (Phi) is 3.60. The van der Waals surface area contributed by atoms with Crippen LogP contribution in [0, 0.1) is 5.82 Å². The van der Waals surface area contributed by atoms with Crippen molar-refractivity contribution in [2.45, 2.75) is 33.2 Å². The summed E-state index contributed by atoms with van der Waals surface area (Å²) in [4.78, 5) is 4.40. The molecule has 5 heteroatoms. The third kappa shape index (κ3) is 2.50. The van der Waals surface area contributed by atoms with Gasteiger partial charge in [0.15, 0.2) is 5.82 Å². The summed E-state index contributed by atoms with van der Waals surface area (Å²) in [7, 11) is 0. The molecule has 0 fully saturated rings. The van der Waals surface area contributed by atoms with Crippen LogP contribution in [0.3, 0.4) is 0 Å². The average Bonchev–Trinajstić information content (AvgIpc) is 2.75. The van der Waals surface area contributed by atoms with Crippen LogP contribution in [-0.4, -0.2) is 14.8 Å². The zero-order chi connectivity index (χ0) is 13.1. The van der Waals surface area contributed by atoms with Crippen LogP contribution in [0.2, 0.25) is 0 Å². The number of aryl methyl sites for hydroxylation is 2. The van der Waals surface area contributed by atoms with Crippen LogP contribution in [0.25, 0.3) is 0 Å². The number of rotatable bonds is 4. The van der Waals surface area contributed by atoms with Gasteiger partial charge in [-0.05, 0) is 12.1 Å². The first kappa shape index (κ1) is 12.5. The van der Waals surface area contributed by atoms with Crippen molar-refractivity contribution in [3.8, 4) is 0 Å². The Hall–Kier alpha value is -1.91. The zero-order valence-corrected chi connectivity index (χ0v) is 10.7. The van der Waals surface area contributed by atoms with E-state index in [0.717, 1.165) is 24.5 Å². The molecule has 96 valence electrons. The molecule has 1 heterocycles. The van der Waals surface area contributed by atoms with Gasteiger partial charge in [0.05, 0.1) is 6.54 Å². The maximum atomic E-state index is 13.7. The highest BCUT2D eigenvalue weighted by atomic mass is 19.1.